The summed E-state index contributed by atoms with van der Waals surface area (Å²) in [4.78, 5) is 52.4. The Labute approximate surface area is 315 Å². The van der Waals surface area contributed by atoms with E-state index in [0.29, 0.717) is 76.4 Å². The van der Waals surface area contributed by atoms with Gasteiger partial charge in [-0.2, -0.15) is 22.0 Å². The van der Waals surface area contributed by atoms with Crippen LogP contribution < -0.4 is 26.0 Å². The molecule has 290 valence electrons. The number of anilines is 3. The highest BCUT2D eigenvalue weighted by atomic mass is 32.2. The maximum Gasteiger partial charge on any atom is 0.281 e. The zero-order chi connectivity index (χ0) is 37.7. The number of piperidine rings is 3. The van der Waals surface area contributed by atoms with Gasteiger partial charge < -0.3 is 20.2 Å². The highest BCUT2D eigenvalue weighted by Gasteiger charge is 2.43. The molecule has 0 spiro atoms. The normalized spacial score (nSPS) is 24.1. The molecule has 1 aromatic carbocycles. The number of carbonyl (C=O) groups is 2. The zero-order valence-electron chi connectivity index (χ0n) is 30.9. The van der Waals surface area contributed by atoms with Crippen molar-refractivity contribution >= 4 is 50.4 Å². The molecule has 6 heterocycles. The summed E-state index contributed by atoms with van der Waals surface area (Å²) >= 11 is 0. The van der Waals surface area contributed by atoms with Crippen LogP contribution in [0, 0.1) is 0 Å². The maximum atomic E-state index is 13.8. The number of para-hydroxylation sites is 1. The fourth-order valence-corrected chi connectivity index (χ4v) is 10.7. The van der Waals surface area contributed by atoms with Crippen LogP contribution in [0.15, 0.2) is 41.3 Å². The topological polar surface area (TPSA) is 177 Å². The fourth-order valence-electron chi connectivity index (χ4n) is 9.11. The number of nitrogens with one attached hydrogen (secondary N) is 2. The van der Waals surface area contributed by atoms with Gasteiger partial charge in [0.15, 0.2) is 0 Å². The highest BCUT2D eigenvalue weighted by molar-refractivity contribution is 7.86. The number of aliphatic hydroxyl groups is 1. The Morgan fingerprint density at radius 3 is 2.43 bits per heavy atom. The summed E-state index contributed by atoms with van der Waals surface area (Å²) in [6.07, 6.45) is 8.04. The SMILES string of the molecule is CN1c2c(CN3CCC(N(C)S(=O)(=O)N4CCC(Nc5ncc6ccc(=O)n(C7CCCC7)c6n5)CC4)CC3)cccc2N(C2CCC(=O)NC2=O)C1O. The summed E-state index contributed by atoms with van der Waals surface area (Å²) in [6, 6.07) is 8.61. The first-order valence-electron chi connectivity index (χ1n) is 19.2. The smallest absolute Gasteiger partial charge is 0.281 e. The van der Waals surface area contributed by atoms with Crippen LogP contribution in [0.3, 0.4) is 0 Å². The minimum Gasteiger partial charge on any atom is -0.356 e. The second kappa shape index (κ2) is 14.8. The second-order valence-corrected chi connectivity index (χ2v) is 17.4. The quantitative estimate of drug-likeness (QED) is 0.271. The minimum atomic E-state index is -3.67. The number of benzene rings is 1. The number of aromatic nitrogens is 3. The average Bonchev–Trinajstić information content (AvgIpc) is 3.78. The van der Waals surface area contributed by atoms with Crippen molar-refractivity contribution in [3.63, 3.8) is 0 Å². The number of hydrogen-bond acceptors (Lipinski definition) is 12. The second-order valence-electron chi connectivity index (χ2n) is 15.4. The number of carbonyl (C=O) groups excluding carboxylic acids is 2. The van der Waals surface area contributed by atoms with E-state index in [-0.39, 0.29) is 36.0 Å². The van der Waals surface area contributed by atoms with Gasteiger partial charge in [-0.3, -0.25) is 29.2 Å². The summed E-state index contributed by atoms with van der Waals surface area (Å²) in [7, 11) is -0.178. The highest BCUT2D eigenvalue weighted by Crippen LogP contribution is 2.43. The van der Waals surface area contributed by atoms with Crippen molar-refractivity contribution in [2.24, 2.45) is 0 Å². The third kappa shape index (κ3) is 6.84. The van der Waals surface area contributed by atoms with Crippen molar-refractivity contribution in [1.82, 2.24) is 33.4 Å². The van der Waals surface area contributed by atoms with E-state index in [9.17, 15) is 27.9 Å². The molecule has 54 heavy (non-hydrogen) atoms. The van der Waals surface area contributed by atoms with Crippen molar-refractivity contribution in [3.05, 3.63) is 52.4 Å². The van der Waals surface area contributed by atoms with Gasteiger partial charge in [-0.1, -0.05) is 25.0 Å². The van der Waals surface area contributed by atoms with Gasteiger partial charge in [0.2, 0.25) is 24.1 Å². The van der Waals surface area contributed by atoms with E-state index in [4.69, 9.17) is 4.98 Å². The third-order valence-electron chi connectivity index (χ3n) is 12.2. The summed E-state index contributed by atoms with van der Waals surface area (Å²) in [5.41, 5.74) is 3.23. The lowest BCUT2D eigenvalue weighted by atomic mass is 10.0. The Morgan fingerprint density at radius 1 is 0.963 bits per heavy atom. The van der Waals surface area contributed by atoms with Crippen LogP contribution in [0.4, 0.5) is 17.3 Å². The molecule has 5 aliphatic rings. The molecule has 0 radical (unpaired) electrons. The van der Waals surface area contributed by atoms with E-state index in [2.05, 4.69) is 20.5 Å². The Kier molecular flexibility index (Phi) is 10.1. The molecule has 4 aliphatic heterocycles. The molecule has 3 saturated heterocycles. The summed E-state index contributed by atoms with van der Waals surface area (Å²) < 4.78 is 32.6. The van der Waals surface area contributed by atoms with Gasteiger partial charge in [0.25, 0.3) is 15.8 Å². The number of fused-ring (bicyclic) bond motifs is 2. The van der Waals surface area contributed by atoms with Crippen LogP contribution in [0.25, 0.3) is 11.0 Å². The van der Waals surface area contributed by atoms with Gasteiger partial charge in [0.05, 0.1) is 11.4 Å². The van der Waals surface area contributed by atoms with Crippen molar-refractivity contribution < 1.29 is 23.1 Å². The van der Waals surface area contributed by atoms with Crippen LogP contribution in [-0.2, 0) is 26.3 Å². The van der Waals surface area contributed by atoms with Crippen molar-refractivity contribution in [2.45, 2.75) is 101 Å². The number of nitrogens with zero attached hydrogens (tertiary/aromatic N) is 8. The predicted octanol–water partition coefficient (Wildman–Crippen LogP) is 1.96. The molecule has 16 nitrogen and oxygen atoms in total. The van der Waals surface area contributed by atoms with Crippen molar-refractivity contribution in [3.8, 4) is 0 Å². The Balaban J connectivity index is 0.859. The van der Waals surface area contributed by atoms with E-state index in [1.165, 1.54) is 0 Å². The molecule has 17 heteroatoms. The van der Waals surface area contributed by atoms with Gasteiger partial charge in [0, 0.05) is 89.0 Å². The molecule has 1 aliphatic carbocycles. The molecular formula is C37H50N10O6S. The van der Waals surface area contributed by atoms with Crippen LogP contribution in [0.5, 0.6) is 0 Å². The van der Waals surface area contributed by atoms with Gasteiger partial charge in [-0.15, -0.1) is 0 Å². The number of likely N-dealkylation sites (tertiary alicyclic amines) is 1. The molecule has 3 N–H and O–H groups in total. The molecule has 0 bridgehead atoms. The van der Waals surface area contributed by atoms with E-state index < -0.39 is 28.5 Å². The fraction of sp³-hybridized carbons (Fsp3) is 0.595. The van der Waals surface area contributed by atoms with Gasteiger partial charge in [0.1, 0.15) is 11.7 Å². The van der Waals surface area contributed by atoms with E-state index in [1.807, 2.05) is 22.8 Å². The maximum absolute atomic E-state index is 13.8. The van der Waals surface area contributed by atoms with Gasteiger partial charge in [-0.25, -0.2) is 4.98 Å². The number of aliphatic hydroxyl groups excluding tert-OH is 1. The van der Waals surface area contributed by atoms with Gasteiger partial charge in [-0.05, 0) is 62.6 Å². The number of rotatable bonds is 9. The monoisotopic (exact) mass is 762 g/mol. The summed E-state index contributed by atoms with van der Waals surface area (Å²) in [5, 5.41) is 17.8. The largest absolute Gasteiger partial charge is 0.356 e. The molecule has 2 aromatic heterocycles. The molecule has 1 saturated carbocycles. The Hall–Kier alpha value is -4.16. The lowest BCUT2D eigenvalue weighted by Crippen LogP contribution is -2.56. The van der Waals surface area contributed by atoms with E-state index in [1.54, 1.807) is 50.8 Å². The standard InChI is InChI=1S/C37H50N10O6S/c1-42-33-25(6-5-9-29(33)47(37(42)51)30-11-12-31(48)40-35(30)50)23-44-18-16-27(17-19-44)43(2)54(52,53)45-20-14-26(15-21-45)39-36-38-22-24-10-13-32(49)46(34(24)41-36)28-7-3-4-8-28/h5-6,9-10,13,22,26-28,30,37,51H,3-4,7-8,11-12,14-21,23H2,1-2H3,(H,38,39,41)(H,40,48,50). The number of hydrogen-bond donors (Lipinski definition) is 3. The average molecular weight is 763 g/mol. The van der Waals surface area contributed by atoms with Crippen molar-refractivity contribution in [1.29, 1.82) is 0 Å². The molecule has 3 aromatic rings. The summed E-state index contributed by atoms with van der Waals surface area (Å²) in [5.74, 6) is -0.240. The number of amides is 2. The first-order valence-corrected chi connectivity index (χ1v) is 20.6. The van der Waals surface area contributed by atoms with E-state index in [0.717, 1.165) is 48.0 Å². The minimum absolute atomic E-state index is 0.00787. The van der Waals surface area contributed by atoms with Crippen LogP contribution in [0.2, 0.25) is 0 Å². The zero-order valence-corrected chi connectivity index (χ0v) is 31.7. The summed E-state index contributed by atoms with van der Waals surface area (Å²) in [6.45, 7) is 2.82. The lowest BCUT2D eigenvalue weighted by Gasteiger charge is -2.40. The number of imide groups is 1. The molecule has 2 amide bonds. The first kappa shape index (κ1) is 36.8. The Bertz CT molecular complexity index is 2070. The number of pyridine rings is 1. The van der Waals surface area contributed by atoms with Crippen molar-refractivity contribution in [2.75, 3.05) is 55.4 Å². The molecule has 4 fully saturated rings. The first-order chi connectivity index (χ1) is 26.0. The van der Waals surface area contributed by atoms with Gasteiger partial charge >= 0.3 is 0 Å². The van der Waals surface area contributed by atoms with Crippen LogP contribution in [0.1, 0.15) is 75.8 Å². The van der Waals surface area contributed by atoms with Crippen LogP contribution in [-0.4, -0.2) is 118 Å². The molecular weight excluding hydrogens is 713 g/mol. The molecule has 2 unspecified atom stereocenters. The molecule has 8 rings (SSSR count). The predicted molar refractivity (Wildman–Crippen MR) is 204 cm³/mol. The van der Waals surface area contributed by atoms with E-state index >= 15 is 0 Å². The Morgan fingerprint density at radius 2 is 1.70 bits per heavy atom. The van der Waals surface area contributed by atoms with Crippen LogP contribution >= 0.6 is 0 Å². The lowest BCUT2D eigenvalue weighted by molar-refractivity contribution is -0.134. The third-order valence-corrected chi connectivity index (χ3v) is 14.2. The molecule has 2 atom stereocenters.